The molecule has 1 aromatic carbocycles. The van der Waals surface area contributed by atoms with E-state index in [2.05, 4.69) is 10.1 Å². The highest BCUT2D eigenvalue weighted by Gasteiger charge is 2.31. The van der Waals surface area contributed by atoms with E-state index in [1.165, 1.54) is 23.5 Å². The predicted molar refractivity (Wildman–Crippen MR) is 79.3 cm³/mol. The standard InChI is InChI=1S/C15H14F3NO3S/c1-14(21,12-3-2-8-23-12)9-19-13(20)10-4-6-11(7-5-10)22-15(16,17)18/h2-8,21H,9H2,1H3,(H,19,20)/t14-/m1/s1. The van der Waals surface area contributed by atoms with Crippen molar-refractivity contribution in [2.45, 2.75) is 18.9 Å². The van der Waals surface area contributed by atoms with Crippen LogP contribution < -0.4 is 10.1 Å². The molecule has 0 spiro atoms. The van der Waals surface area contributed by atoms with Gasteiger partial charge in [0.15, 0.2) is 0 Å². The largest absolute Gasteiger partial charge is 0.573 e. The zero-order valence-electron chi connectivity index (χ0n) is 12.1. The molecule has 2 aromatic rings. The van der Waals surface area contributed by atoms with Crippen LogP contribution in [-0.2, 0) is 5.60 Å². The molecule has 2 N–H and O–H groups in total. The quantitative estimate of drug-likeness (QED) is 0.874. The fourth-order valence-electron chi connectivity index (χ4n) is 1.83. The normalized spacial score (nSPS) is 14.1. The van der Waals surface area contributed by atoms with Crippen LogP contribution >= 0.6 is 11.3 Å². The third kappa shape index (κ3) is 4.97. The van der Waals surface area contributed by atoms with E-state index in [1.807, 2.05) is 5.38 Å². The summed E-state index contributed by atoms with van der Waals surface area (Å²) >= 11 is 1.36. The molecule has 2 rings (SSSR count). The molecule has 1 heterocycles. The van der Waals surface area contributed by atoms with Crippen molar-refractivity contribution in [2.75, 3.05) is 6.54 Å². The second kappa shape index (κ2) is 6.59. The predicted octanol–water partition coefficient (Wildman–Crippen LogP) is 3.28. The van der Waals surface area contributed by atoms with Gasteiger partial charge in [-0.25, -0.2) is 0 Å². The average molecular weight is 345 g/mol. The Balaban J connectivity index is 1.96. The SMILES string of the molecule is C[C@@](O)(CNC(=O)c1ccc(OC(F)(F)F)cc1)c1cccs1. The third-order valence-corrected chi connectivity index (χ3v) is 4.12. The van der Waals surface area contributed by atoms with E-state index in [1.54, 1.807) is 19.1 Å². The van der Waals surface area contributed by atoms with Crippen LogP contribution in [0.25, 0.3) is 0 Å². The molecule has 23 heavy (non-hydrogen) atoms. The van der Waals surface area contributed by atoms with E-state index in [9.17, 15) is 23.1 Å². The first-order valence-electron chi connectivity index (χ1n) is 6.58. The number of carbonyl (C=O) groups excluding carboxylic acids is 1. The molecule has 0 saturated carbocycles. The van der Waals surface area contributed by atoms with Crippen LogP contribution in [0.3, 0.4) is 0 Å². The molecule has 0 aliphatic carbocycles. The summed E-state index contributed by atoms with van der Waals surface area (Å²) in [6, 6.07) is 8.09. The van der Waals surface area contributed by atoms with Gasteiger partial charge in [0.25, 0.3) is 5.91 Å². The van der Waals surface area contributed by atoms with E-state index < -0.39 is 23.6 Å². The van der Waals surface area contributed by atoms with Crippen LogP contribution in [0, 0.1) is 0 Å². The van der Waals surface area contributed by atoms with Gasteiger partial charge in [-0.15, -0.1) is 24.5 Å². The van der Waals surface area contributed by atoms with E-state index in [0.717, 1.165) is 12.1 Å². The Morgan fingerprint density at radius 3 is 2.43 bits per heavy atom. The van der Waals surface area contributed by atoms with E-state index >= 15 is 0 Å². The van der Waals surface area contributed by atoms with E-state index in [4.69, 9.17) is 0 Å². The van der Waals surface area contributed by atoms with Gasteiger partial charge in [0.05, 0.1) is 6.54 Å². The fraction of sp³-hybridized carbons (Fsp3) is 0.267. The second-order valence-electron chi connectivity index (χ2n) is 5.01. The summed E-state index contributed by atoms with van der Waals surface area (Å²) in [4.78, 5) is 12.7. The lowest BCUT2D eigenvalue weighted by atomic mass is 10.1. The first-order valence-corrected chi connectivity index (χ1v) is 7.46. The Hall–Kier alpha value is -2.06. The number of carbonyl (C=O) groups is 1. The highest BCUT2D eigenvalue weighted by Crippen LogP contribution is 2.25. The Bertz CT molecular complexity index is 652. The highest BCUT2D eigenvalue weighted by atomic mass is 32.1. The summed E-state index contributed by atoms with van der Waals surface area (Å²) < 4.78 is 39.9. The van der Waals surface area contributed by atoms with E-state index in [0.29, 0.717) is 4.88 Å². The van der Waals surface area contributed by atoms with Crippen molar-refractivity contribution in [2.24, 2.45) is 0 Å². The molecule has 0 fully saturated rings. The average Bonchev–Trinajstić information content (AvgIpc) is 2.99. The number of hydrogen-bond acceptors (Lipinski definition) is 4. The number of thiophene rings is 1. The summed E-state index contributed by atoms with van der Waals surface area (Å²) in [7, 11) is 0. The molecule has 0 radical (unpaired) electrons. The number of halogens is 3. The van der Waals surface area contributed by atoms with Crippen molar-refractivity contribution in [1.82, 2.24) is 5.32 Å². The number of nitrogens with one attached hydrogen (secondary N) is 1. The van der Waals surface area contributed by atoms with E-state index in [-0.39, 0.29) is 12.1 Å². The Morgan fingerprint density at radius 2 is 1.91 bits per heavy atom. The first kappa shape index (κ1) is 17.3. The Kier molecular flexibility index (Phi) is 4.96. The smallest absolute Gasteiger partial charge is 0.406 e. The number of alkyl halides is 3. The molecule has 1 aromatic heterocycles. The zero-order valence-corrected chi connectivity index (χ0v) is 12.9. The van der Waals surface area contributed by atoms with Gasteiger partial charge in [-0.05, 0) is 42.6 Å². The first-order chi connectivity index (χ1) is 10.7. The highest BCUT2D eigenvalue weighted by molar-refractivity contribution is 7.10. The van der Waals surface area contributed by atoms with Gasteiger partial charge in [-0.1, -0.05) is 6.07 Å². The topological polar surface area (TPSA) is 58.6 Å². The molecule has 0 aliphatic rings. The van der Waals surface area contributed by atoms with Crippen LogP contribution in [0.1, 0.15) is 22.2 Å². The van der Waals surface area contributed by atoms with Crippen LogP contribution in [-0.4, -0.2) is 23.9 Å². The number of hydrogen-bond donors (Lipinski definition) is 2. The van der Waals surface area contributed by atoms with Gasteiger partial charge in [0.1, 0.15) is 11.4 Å². The number of amides is 1. The van der Waals surface area contributed by atoms with Crippen LogP contribution in [0.4, 0.5) is 13.2 Å². The lowest BCUT2D eigenvalue weighted by Crippen LogP contribution is -2.38. The molecule has 4 nitrogen and oxygen atoms in total. The fourth-order valence-corrected chi connectivity index (χ4v) is 2.62. The summed E-state index contributed by atoms with van der Waals surface area (Å²) in [5.74, 6) is -0.903. The molecule has 124 valence electrons. The van der Waals surface area contributed by atoms with Crippen molar-refractivity contribution in [1.29, 1.82) is 0 Å². The molecule has 1 atom stereocenters. The minimum atomic E-state index is -4.77. The number of aliphatic hydroxyl groups is 1. The summed E-state index contributed by atoms with van der Waals surface area (Å²) in [5, 5.41) is 14.7. The van der Waals surface area contributed by atoms with Crippen molar-refractivity contribution in [3.05, 3.63) is 52.2 Å². The summed E-state index contributed by atoms with van der Waals surface area (Å²) in [5.41, 5.74) is -1.05. The molecule has 0 aliphatic heterocycles. The monoisotopic (exact) mass is 345 g/mol. The van der Waals surface area contributed by atoms with Crippen LogP contribution in [0.2, 0.25) is 0 Å². The molecule has 1 amide bonds. The number of benzene rings is 1. The van der Waals surface area contributed by atoms with Gasteiger partial charge >= 0.3 is 6.36 Å². The van der Waals surface area contributed by atoms with Gasteiger partial charge < -0.3 is 15.2 Å². The maximum absolute atomic E-state index is 12.1. The number of rotatable bonds is 5. The van der Waals surface area contributed by atoms with Crippen molar-refractivity contribution in [3.8, 4) is 5.75 Å². The summed E-state index contributed by atoms with van der Waals surface area (Å²) in [6.07, 6.45) is -4.77. The van der Waals surface area contributed by atoms with Crippen molar-refractivity contribution in [3.63, 3.8) is 0 Å². The van der Waals surface area contributed by atoms with Crippen LogP contribution in [0.5, 0.6) is 5.75 Å². The minimum Gasteiger partial charge on any atom is -0.406 e. The van der Waals surface area contributed by atoms with Gasteiger partial charge in [-0.3, -0.25) is 4.79 Å². The minimum absolute atomic E-state index is 0.0207. The lowest BCUT2D eigenvalue weighted by Gasteiger charge is -2.22. The third-order valence-electron chi connectivity index (χ3n) is 3.00. The Morgan fingerprint density at radius 1 is 1.26 bits per heavy atom. The molecule has 0 unspecified atom stereocenters. The van der Waals surface area contributed by atoms with Crippen molar-refractivity contribution < 1.29 is 27.8 Å². The van der Waals surface area contributed by atoms with Gasteiger partial charge in [0, 0.05) is 10.4 Å². The lowest BCUT2D eigenvalue weighted by molar-refractivity contribution is -0.274. The summed E-state index contributed by atoms with van der Waals surface area (Å²) in [6.45, 7) is 1.55. The van der Waals surface area contributed by atoms with Gasteiger partial charge in [0.2, 0.25) is 0 Å². The number of ether oxygens (including phenoxy) is 1. The molecule has 0 bridgehead atoms. The second-order valence-corrected chi connectivity index (χ2v) is 5.95. The van der Waals surface area contributed by atoms with Gasteiger partial charge in [-0.2, -0.15) is 0 Å². The Labute approximate surface area is 134 Å². The maximum atomic E-state index is 12.1. The maximum Gasteiger partial charge on any atom is 0.573 e. The van der Waals surface area contributed by atoms with Crippen molar-refractivity contribution >= 4 is 17.2 Å². The van der Waals surface area contributed by atoms with Crippen LogP contribution in [0.15, 0.2) is 41.8 Å². The molecular weight excluding hydrogens is 331 g/mol. The molecule has 8 heteroatoms. The zero-order chi connectivity index (χ0) is 17.1. The molecule has 0 saturated heterocycles. The molecular formula is C15H14F3NO3S.